The lowest BCUT2D eigenvalue weighted by Gasteiger charge is -2.23. The molecule has 0 aliphatic rings. The molecule has 0 aliphatic carbocycles. The lowest BCUT2D eigenvalue weighted by molar-refractivity contribution is -0.119. The molecule has 3 rings (SSSR count). The summed E-state index contributed by atoms with van der Waals surface area (Å²) in [5.41, 5.74) is 3.34. The van der Waals surface area contributed by atoms with Gasteiger partial charge in [-0.05, 0) is 48.0 Å². The van der Waals surface area contributed by atoms with Crippen LogP contribution in [0.2, 0.25) is 5.02 Å². The summed E-state index contributed by atoms with van der Waals surface area (Å²) in [4.78, 5) is 12.6. The van der Waals surface area contributed by atoms with Gasteiger partial charge in [0.15, 0.2) is 0 Å². The van der Waals surface area contributed by atoms with E-state index in [0.29, 0.717) is 16.3 Å². The minimum atomic E-state index is -4.01. The van der Waals surface area contributed by atoms with Gasteiger partial charge in [0.05, 0.1) is 23.9 Å². The van der Waals surface area contributed by atoms with E-state index in [2.05, 4.69) is 10.5 Å². The summed E-state index contributed by atoms with van der Waals surface area (Å²) in [6.45, 7) is -0.479. The van der Waals surface area contributed by atoms with E-state index in [1.165, 1.54) is 24.4 Å². The van der Waals surface area contributed by atoms with Gasteiger partial charge in [0.2, 0.25) is 0 Å². The fourth-order valence-corrected chi connectivity index (χ4v) is 4.35. The van der Waals surface area contributed by atoms with Crippen LogP contribution in [-0.2, 0) is 14.8 Å². The molecule has 0 bridgehead atoms. The van der Waals surface area contributed by atoms with E-state index in [9.17, 15) is 13.2 Å². The fraction of sp³-hybridized carbons (Fsp3) is 0.0909. The number of anilines is 1. The highest BCUT2D eigenvalue weighted by Gasteiger charge is 2.27. The number of nitrogens with zero attached hydrogens (tertiary/aromatic N) is 2. The van der Waals surface area contributed by atoms with Gasteiger partial charge in [0.1, 0.15) is 12.3 Å². The van der Waals surface area contributed by atoms with Crippen LogP contribution in [0.5, 0.6) is 5.75 Å². The molecule has 1 N–H and O–H groups in total. The molecular formula is C22H20ClN3O4S. The summed E-state index contributed by atoms with van der Waals surface area (Å²) >= 11 is 6.04. The van der Waals surface area contributed by atoms with Crippen LogP contribution in [0.3, 0.4) is 0 Å². The Bertz CT molecular complexity index is 1180. The van der Waals surface area contributed by atoms with Gasteiger partial charge in [-0.25, -0.2) is 13.8 Å². The number of hydrogen-bond donors (Lipinski definition) is 1. The predicted molar refractivity (Wildman–Crippen MR) is 121 cm³/mol. The van der Waals surface area contributed by atoms with Crippen LogP contribution < -0.4 is 14.5 Å². The Morgan fingerprint density at radius 3 is 2.52 bits per heavy atom. The minimum Gasteiger partial charge on any atom is -0.497 e. The number of ether oxygens (including phenoxy) is 1. The van der Waals surface area contributed by atoms with Crippen LogP contribution >= 0.6 is 11.6 Å². The fourth-order valence-electron chi connectivity index (χ4n) is 2.73. The van der Waals surface area contributed by atoms with Crippen LogP contribution in [-0.4, -0.2) is 34.2 Å². The normalized spacial score (nSPS) is 11.3. The molecule has 0 radical (unpaired) electrons. The van der Waals surface area contributed by atoms with Crippen molar-refractivity contribution in [2.24, 2.45) is 5.10 Å². The number of methoxy groups -OCH3 is 1. The molecule has 7 nitrogen and oxygen atoms in total. The molecule has 3 aromatic carbocycles. The summed E-state index contributed by atoms with van der Waals surface area (Å²) in [6.07, 6.45) is 1.44. The van der Waals surface area contributed by atoms with Crippen molar-refractivity contribution in [1.82, 2.24) is 5.43 Å². The zero-order chi connectivity index (χ0) is 22.3. The number of rotatable bonds is 8. The quantitative estimate of drug-likeness (QED) is 0.412. The van der Waals surface area contributed by atoms with Crippen molar-refractivity contribution in [3.63, 3.8) is 0 Å². The molecule has 31 heavy (non-hydrogen) atoms. The van der Waals surface area contributed by atoms with E-state index in [1.807, 2.05) is 0 Å². The first-order chi connectivity index (χ1) is 14.9. The number of sulfonamides is 1. The summed E-state index contributed by atoms with van der Waals surface area (Å²) in [5, 5.41) is 4.26. The zero-order valence-corrected chi connectivity index (χ0v) is 18.2. The van der Waals surface area contributed by atoms with E-state index in [0.717, 1.165) is 4.31 Å². The third kappa shape index (κ3) is 5.84. The predicted octanol–water partition coefficient (Wildman–Crippen LogP) is 3.69. The SMILES string of the molecule is COc1cccc(C=NNC(=O)CN(c2cccc(Cl)c2)S(=O)(=O)c2ccccc2)c1. The third-order valence-corrected chi connectivity index (χ3v) is 6.23. The maximum atomic E-state index is 13.2. The number of hydrazone groups is 1. The summed E-state index contributed by atoms with van der Waals surface area (Å²) in [7, 11) is -2.46. The Hall–Kier alpha value is -3.36. The lowest BCUT2D eigenvalue weighted by atomic mass is 10.2. The van der Waals surface area contributed by atoms with Gasteiger partial charge >= 0.3 is 0 Å². The largest absolute Gasteiger partial charge is 0.497 e. The highest BCUT2D eigenvalue weighted by Crippen LogP contribution is 2.25. The molecule has 0 heterocycles. The molecular weight excluding hydrogens is 438 g/mol. The second-order valence-electron chi connectivity index (χ2n) is 6.37. The number of carbonyl (C=O) groups is 1. The van der Waals surface area contributed by atoms with Crippen LogP contribution in [0.25, 0.3) is 0 Å². The highest BCUT2D eigenvalue weighted by molar-refractivity contribution is 7.92. The van der Waals surface area contributed by atoms with Crippen molar-refractivity contribution < 1.29 is 17.9 Å². The number of benzene rings is 3. The van der Waals surface area contributed by atoms with Crippen LogP contribution in [0, 0.1) is 0 Å². The zero-order valence-electron chi connectivity index (χ0n) is 16.6. The van der Waals surface area contributed by atoms with Gasteiger partial charge in [-0.15, -0.1) is 0 Å². The van der Waals surface area contributed by atoms with Crippen molar-refractivity contribution in [2.45, 2.75) is 4.90 Å². The molecule has 0 fully saturated rings. The Labute approximate surface area is 186 Å². The molecule has 0 unspecified atom stereocenters. The van der Waals surface area contributed by atoms with Gasteiger partial charge in [0, 0.05) is 5.02 Å². The Kier molecular flexibility index (Phi) is 7.28. The summed E-state index contributed by atoms with van der Waals surface area (Å²) < 4.78 is 32.5. The molecule has 0 atom stereocenters. The smallest absolute Gasteiger partial charge is 0.264 e. The number of nitrogens with one attached hydrogen (secondary N) is 1. The lowest BCUT2D eigenvalue weighted by Crippen LogP contribution is -2.39. The minimum absolute atomic E-state index is 0.0580. The van der Waals surface area contributed by atoms with E-state index in [-0.39, 0.29) is 10.6 Å². The summed E-state index contributed by atoms with van der Waals surface area (Å²) in [5.74, 6) is 0.0370. The standard InChI is InChI=1S/C22H20ClN3O4S/c1-30-20-10-5-7-17(13-20)15-24-25-22(27)16-26(19-9-6-8-18(23)14-19)31(28,29)21-11-3-2-4-12-21/h2-15H,16H2,1H3,(H,25,27). The molecule has 3 aromatic rings. The maximum absolute atomic E-state index is 13.2. The van der Waals surface area contributed by atoms with Gasteiger partial charge in [0.25, 0.3) is 15.9 Å². The van der Waals surface area contributed by atoms with E-state index in [4.69, 9.17) is 16.3 Å². The maximum Gasteiger partial charge on any atom is 0.264 e. The van der Waals surface area contributed by atoms with Gasteiger partial charge in [-0.1, -0.05) is 48.0 Å². The van der Waals surface area contributed by atoms with E-state index >= 15 is 0 Å². The number of hydrogen-bond acceptors (Lipinski definition) is 5. The number of amides is 1. The topological polar surface area (TPSA) is 88.1 Å². The molecule has 1 amide bonds. The second kappa shape index (κ2) is 10.1. The van der Waals surface area contributed by atoms with Crippen molar-refractivity contribution >= 4 is 39.4 Å². The van der Waals surface area contributed by atoms with Crippen molar-refractivity contribution in [3.8, 4) is 5.75 Å². The average Bonchev–Trinajstić information content (AvgIpc) is 2.78. The Balaban J connectivity index is 1.81. The molecule has 0 saturated heterocycles. The molecule has 0 spiro atoms. The monoisotopic (exact) mass is 457 g/mol. The number of halogens is 1. The van der Waals surface area contributed by atoms with E-state index in [1.54, 1.807) is 67.8 Å². The van der Waals surface area contributed by atoms with Crippen molar-refractivity contribution in [3.05, 3.63) is 89.4 Å². The van der Waals surface area contributed by atoms with Gasteiger partial charge in [-0.3, -0.25) is 9.10 Å². The van der Waals surface area contributed by atoms with Crippen molar-refractivity contribution in [1.29, 1.82) is 0 Å². The first kappa shape index (κ1) is 22.3. The highest BCUT2D eigenvalue weighted by atomic mass is 35.5. The second-order valence-corrected chi connectivity index (χ2v) is 8.67. The molecule has 0 aromatic heterocycles. The van der Waals surface area contributed by atoms with E-state index < -0.39 is 22.5 Å². The summed E-state index contributed by atoms with van der Waals surface area (Å²) in [6, 6.07) is 21.3. The Morgan fingerprint density at radius 1 is 1.06 bits per heavy atom. The molecule has 0 saturated carbocycles. The molecule has 0 aliphatic heterocycles. The van der Waals surface area contributed by atoms with Gasteiger partial charge in [-0.2, -0.15) is 5.10 Å². The van der Waals surface area contributed by atoms with Gasteiger partial charge < -0.3 is 4.74 Å². The Morgan fingerprint density at radius 2 is 1.81 bits per heavy atom. The number of carbonyl (C=O) groups excluding carboxylic acids is 1. The van der Waals surface area contributed by atoms with Crippen LogP contribution in [0.4, 0.5) is 5.69 Å². The average molecular weight is 458 g/mol. The van der Waals surface area contributed by atoms with Crippen molar-refractivity contribution in [2.75, 3.05) is 18.0 Å². The first-order valence-corrected chi connectivity index (χ1v) is 11.0. The third-order valence-electron chi connectivity index (χ3n) is 4.21. The van der Waals surface area contributed by atoms with Crippen LogP contribution in [0.15, 0.2) is 88.9 Å². The first-order valence-electron chi connectivity index (χ1n) is 9.19. The molecule has 9 heteroatoms. The molecule has 160 valence electrons. The van der Waals surface area contributed by atoms with Crippen LogP contribution in [0.1, 0.15) is 5.56 Å².